The maximum absolute atomic E-state index is 13.0. The number of aryl methyl sites for hydroxylation is 1. The van der Waals surface area contributed by atoms with E-state index in [9.17, 15) is 14.4 Å². The second-order valence-corrected chi connectivity index (χ2v) is 7.48. The predicted molar refractivity (Wildman–Crippen MR) is 108 cm³/mol. The van der Waals surface area contributed by atoms with Gasteiger partial charge in [-0.15, -0.1) is 0 Å². The molecule has 2 unspecified atom stereocenters. The molecule has 3 amide bonds. The molecule has 148 valence electrons. The van der Waals surface area contributed by atoms with Crippen molar-refractivity contribution >= 4 is 52.3 Å². The zero-order valence-electron chi connectivity index (χ0n) is 15.2. The van der Waals surface area contributed by atoms with Crippen LogP contribution in [0.4, 0.5) is 11.4 Å². The van der Waals surface area contributed by atoms with Gasteiger partial charge in [0.2, 0.25) is 5.91 Å². The zero-order valence-corrected chi connectivity index (χ0v) is 16.7. The molecular weight excluding hydrogens is 417 g/mol. The molecule has 2 aliphatic heterocycles. The van der Waals surface area contributed by atoms with E-state index in [0.29, 0.717) is 21.4 Å². The van der Waals surface area contributed by atoms with Crippen molar-refractivity contribution in [1.82, 2.24) is 5.01 Å². The number of benzene rings is 2. The first-order chi connectivity index (χ1) is 13.9. The van der Waals surface area contributed by atoms with Crippen LogP contribution in [0.25, 0.3) is 0 Å². The van der Waals surface area contributed by atoms with Gasteiger partial charge in [-0.3, -0.25) is 19.4 Å². The molecule has 0 saturated carbocycles. The number of fused-ring (bicyclic) bond motifs is 1. The SMILES string of the molecule is Cc1ccccc1N1C(=O)C2N=NN(CC(=O)Nc3ccc(Cl)c(Cl)c3)C2C1=O. The molecule has 1 fully saturated rings. The van der Waals surface area contributed by atoms with Gasteiger partial charge < -0.3 is 5.32 Å². The highest BCUT2D eigenvalue weighted by Gasteiger charge is 2.55. The standard InChI is InChI=1S/C19H15Cl2N5O3/c1-10-4-2-3-5-14(10)26-18(28)16-17(19(26)29)25(24-23-16)9-15(27)22-11-6-7-12(20)13(21)8-11/h2-8,16-17H,9H2,1H3,(H,22,27). The van der Waals surface area contributed by atoms with Crippen molar-refractivity contribution in [2.75, 3.05) is 16.8 Å². The quantitative estimate of drug-likeness (QED) is 0.751. The first-order valence-corrected chi connectivity index (χ1v) is 9.48. The number of nitrogens with zero attached hydrogens (tertiary/aromatic N) is 4. The third-order valence-corrected chi connectivity index (χ3v) is 5.46. The molecule has 8 nitrogen and oxygen atoms in total. The predicted octanol–water partition coefficient (Wildman–Crippen LogP) is 3.23. The minimum Gasteiger partial charge on any atom is -0.324 e. The number of anilines is 2. The number of para-hydroxylation sites is 1. The fraction of sp³-hybridized carbons (Fsp3) is 0.211. The minimum atomic E-state index is -0.958. The van der Waals surface area contributed by atoms with Gasteiger partial charge in [-0.1, -0.05) is 46.6 Å². The molecule has 2 atom stereocenters. The number of halogens is 2. The molecule has 2 aromatic carbocycles. The van der Waals surface area contributed by atoms with E-state index >= 15 is 0 Å². The molecule has 0 aliphatic carbocycles. The molecule has 2 aromatic rings. The van der Waals surface area contributed by atoms with Crippen molar-refractivity contribution in [2.45, 2.75) is 19.0 Å². The van der Waals surface area contributed by atoms with Crippen LogP contribution in [0.15, 0.2) is 52.8 Å². The van der Waals surface area contributed by atoms with Crippen LogP contribution in [0.2, 0.25) is 10.0 Å². The van der Waals surface area contributed by atoms with Crippen molar-refractivity contribution in [3.8, 4) is 0 Å². The summed E-state index contributed by atoms with van der Waals surface area (Å²) < 4.78 is 0. The van der Waals surface area contributed by atoms with Gasteiger partial charge in [0, 0.05) is 5.69 Å². The third kappa shape index (κ3) is 3.45. The van der Waals surface area contributed by atoms with Crippen LogP contribution in [0.3, 0.4) is 0 Å². The van der Waals surface area contributed by atoms with Gasteiger partial charge in [-0.2, -0.15) is 5.11 Å². The largest absolute Gasteiger partial charge is 0.324 e. The zero-order chi connectivity index (χ0) is 20.7. The Morgan fingerprint density at radius 2 is 1.86 bits per heavy atom. The molecule has 0 spiro atoms. The Morgan fingerprint density at radius 1 is 1.10 bits per heavy atom. The van der Waals surface area contributed by atoms with Gasteiger partial charge in [-0.05, 0) is 36.8 Å². The van der Waals surface area contributed by atoms with Crippen LogP contribution < -0.4 is 10.2 Å². The lowest BCUT2D eigenvalue weighted by atomic mass is 10.1. The second kappa shape index (κ2) is 7.46. The summed E-state index contributed by atoms with van der Waals surface area (Å²) in [5.41, 5.74) is 1.75. The maximum atomic E-state index is 13.0. The summed E-state index contributed by atoms with van der Waals surface area (Å²) in [5, 5.41) is 12.4. The van der Waals surface area contributed by atoms with Gasteiger partial charge in [0.15, 0.2) is 12.1 Å². The van der Waals surface area contributed by atoms with E-state index in [1.807, 2.05) is 19.1 Å². The Kier molecular flexibility index (Phi) is 4.97. The molecule has 1 N–H and O–H groups in total. The lowest BCUT2D eigenvalue weighted by molar-refractivity contribution is -0.123. The Morgan fingerprint density at radius 3 is 2.59 bits per heavy atom. The average Bonchev–Trinajstić information content (AvgIpc) is 3.19. The molecular formula is C19H15Cl2N5O3. The van der Waals surface area contributed by atoms with E-state index in [2.05, 4.69) is 15.7 Å². The van der Waals surface area contributed by atoms with Crippen LogP contribution in [-0.2, 0) is 14.4 Å². The molecule has 4 rings (SSSR count). The first-order valence-electron chi connectivity index (χ1n) is 8.72. The number of hydrogen-bond acceptors (Lipinski definition) is 6. The van der Waals surface area contributed by atoms with Crippen LogP contribution in [0.1, 0.15) is 5.56 Å². The Bertz CT molecular complexity index is 1060. The molecule has 0 bridgehead atoms. The van der Waals surface area contributed by atoms with Gasteiger partial charge in [0.1, 0.15) is 6.54 Å². The fourth-order valence-corrected chi connectivity index (χ4v) is 3.63. The summed E-state index contributed by atoms with van der Waals surface area (Å²) >= 11 is 11.8. The number of carbonyl (C=O) groups excluding carboxylic acids is 3. The van der Waals surface area contributed by atoms with E-state index in [0.717, 1.165) is 10.5 Å². The Balaban J connectivity index is 1.50. The van der Waals surface area contributed by atoms with Crippen LogP contribution in [0, 0.1) is 6.92 Å². The molecule has 10 heteroatoms. The fourth-order valence-electron chi connectivity index (χ4n) is 3.33. The van der Waals surface area contributed by atoms with E-state index in [-0.39, 0.29) is 6.54 Å². The van der Waals surface area contributed by atoms with Gasteiger partial charge >= 0.3 is 0 Å². The Hall–Kier alpha value is -2.97. The smallest absolute Gasteiger partial charge is 0.263 e. The summed E-state index contributed by atoms with van der Waals surface area (Å²) in [6.07, 6.45) is 0. The lowest BCUT2D eigenvalue weighted by Crippen LogP contribution is -2.43. The highest BCUT2D eigenvalue weighted by Crippen LogP contribution is 2.33. The lowest BCUT2D eigenvalue weighted by Gasteiger charge is -2.21. The normalized spacial score (nSPS) is 20.4. The van der Waals surface area contributed by atoms with Gasteiger partial charge in [0.25, 0.3) is 11.8 Å². The van der Waals surface area contributed by atoms with Crippen molar-refractivity contribution in [2.24, 2.45) is 10.3 Å². The van der Waals surface area contributed by atoms with Crippen molar-refractivity contribution < 1.29 is 14.4 Å². The van der Waals surface area contributed by atoms with E-state index < -0.39 is 29.8 Å². The number of hydrogen-bond donors (Lipinski definition) is 1. The molecule has 2 heterocycles. The molecule has 1 saturated heterocycles. The summed E-state index contributed by atoms with van der Waals surface area (Å²) in [6, 6.07) is 9.86. The number of carbonyl (C=O) groups is 3. The molecule has 2 aliphatic rings. The highest BCUT2D eigenvalue weighted by molar-refractivity contribution is 6.42. The van der Waals surface area contributed by atoms with E-state index in [4.69, 9.17) is 23.2 Å². The van der Waals surface area contributed by atoms with Crippen molar-refractivity contribution in [3.05, 3.63) is 58.1 Å². The van der Waals surface area contributed by atoms with E-state index in [1.165, 1.54) is 11.1 Å². The second-order valence-electron chi connectivity index (χ2n) is 6.67. The van der Waals surface area contributed by atoms with Gasteiger partial charge in [0.05, 0.1) is 15.7 Å². The van der Waals surface area contributed by atoms with Crippen molar-refractivity contribution in [3.63, 3.8) is 0 Å². The van der Waals surface area contributed by atoms with E-state index in [1.54, 1.807) is 24.3 Å². The number of nitrogens with one attached hydrogen (secondary N) is 1. The molecule has 0 radical (unpaired) electrons. The van der Waals surface area contributed by atoms with Crippen LogP contribution in [-0.4, -0.2) is 41.4 Å². The van der Waals surface area contributed by atoms with Crippen LogP contribution >= 0.6 is 23.2 Å². The monoisotopic (exact) mass is 431 g/mol. The minimum absolute atomic E-state index is 0.245. The molecule has 29 heavy (non-hydrogen) atoms. The van der Waals surface area contributed by atoms with Crippen molar-refractivity contribution in [1.29, 1.82) is 0 Å². The van der Waals surface area contributed by atoms with Crippen LogP contribution in [0.5, 0.6) is 0 Å². The first kappa shape index (κ1) is 19.4. The number of imide groups is 1. The number of rotatable bonds is 4. The summed E-state index contributed by atoms with van der Waals surface area (Å²) in [7, 11) is 0. The summed E-state index contributed by atoms with van der Waals surface area (Å²) in [6.45, 7) is 1.57. The highest BCUT2D eigenvalue weighted by atomic mass is 35.5. The molecule has 0 aromatic heterocycles. The topological polar surface area (TPSA) is 94.4 Å². The maximum Gasteiger partial charge on any atom is 0.263 e. The van der Waals surface area contributed by atoms with Gasteiger partial charge in [-0.25, -0.2) is 4.90 Å². The summed E-state index contributed by atoms with van der Waals surface area (Å²) in [4.78, 5) is 39.2. The summed E-state index contributed by atoms with van der Waals surface area (Å²) in [5.74, 6) is -1.34. The third-order valence-electron chi connectivity index (χ3n) is 4.72. The number of amides is 3. The Labute approximate surface area is 176 Å². The average molecular weight is 432 g/mol.